The second-order valence-electron chi connectivity index (χ2n) is 3.74. The van der Waals surface area contributed by atoms with Crippen molar-refractivity contribution in [1.29, 1.82) is 0 Å². The Morgan fingerprint density at radius 1 is 1.35 bits per heavy atom. The van der Waals surface area contributed by atoms with Gasteiger partial charge in [-0.25, -0.2) is 4.79 Å². The first-order chi connectivity index (χ1) is 9.16. The summed E-state index contributed by atoms with van der Waals surface area (Å²) in [6.45, 7) is -0.877. The molecule has 0 heterocycles. The number of amides is 1. The van der Waals surface area contributed by atoms with E-state index in [0.717, 1.165) is 12.1 Å². The number of hydrogen-bond acceptors (Lipinski definition) is 3. The Kier molecular flexibility index (Phi) is 5.12. The molecule has 1 atom stereocenters. The molecule has 20 heavy (non-hydrogen) atoms. The zero-order valence-electron chi connectivity index (χ0n) is 9.74. The molecule has 0 radical (unpaired) electrons. The standard InChI is InChI=1S/C11H9BrF3NO4/c12-7-2-1-5(11(13,14)15)3-6(7)9(18)16-8(4-17)10(19)20/h1-3,8,17H,4H2,(H,16,18)(H,19,20)/t8-/m0/s1. The highest BCUT2D eigenvalue weighted by Gasteiger charge is 2.32. The van der Waals surface area contributed by atoms with E-state index < -0.39 is 36.3 Å². The van der Waals surface area contributed by atoms with Gasteiger partial charge in [0.1, 0.15) is 0 Å². The number of halogens is 4. The highest BCUT2D eigenvalue weighted by molar-refractivity contribution is 9.10. The molecular weight excluding hydrogens is 347 g/mol. The molecule has 1 rings (SSSR count). The number of carbonyl (C=O) groups is 2. The number of carboxylic acid groups (broad SMARTS) is 1. The second kappa shape index (κ2) is 6.23. The molecule has 0 saturated heterocycles. The highest BCUT2D eigenvalue weighted by Crippen LogP contribution is 2.31. The molecule has 3 N–H and O–H groups in total. The molecule has 5 nitrogen and oxygen atoms in total. The molecular formula is C11H9BrF3NO4. The fourth-order valence-electron chi connectivity index (χ4n) is 1.30. The summed E-state index contributed by atoms with van der Waals surface area (Å²) in [5.74, 6) is -2.53. The molecule has 0 bridgehead atoms. The third kappa shape index (κ3) is 3.94. The van der Waals surface area contributed by atoms with E-state index in [4.69, 9.17) is 10.2 Å². The fourth-order valence-corrected chi connectivity index (χ4v) is 1.72. The van der Waals surface area contributed by atoms with Crippen molar-refractivity contribution in [2.45, 2.75) is 12.2 Å². The molecule has 0 fully saturated rings. The van der Waals surface area contributed by atoms with Gasteiger partial charge in [-0.3, -0.25) is 4.79 Å². The lowest BCUT2D eigenvalue weighted by molar-refractivity contribution is -0.140. The lowest BCUT2D eigenvalue weighted by Gasteiger charge is -2.14. The Morgan fingerprint density at radius 2 is 1.95 bits per heavy atom. The van der Waals surface area contributed by atoms with Crippen LogP contribution in [0.4, 0.5) is 13.2 Å². The van der Waals surface area contributed by atoms with Crippen LogP contribution in [0.15, 0.2) is 22.7 Å². The van der Waals surface area contributed by atoms with Crippen LogP contribution in [0, 0.1) is 0 Å². The third-order valence-corrected chi connectivity index (χ3v) is 3.02. The topological polar surface area (TPSA) is 86.6 Å². The molecule has 1 amide bonds. The van der Waals surface area contributed by atoms with Gasteiger partial charge in [0, 0.05) is 4.47 Å². The molecule has 0 saturated carbocycles. The Hall–Kier alpha value is -1.61. The van der Waals surface area contributed by atoms with Crippen LogP contribution < -0.4 is 5.32 Å². The summed E-state index contributed by atoms with van der Waals surface area (Å²) < 4.78 is 37.7. The molecule has 0 unspecified atom stereocenters. The Morgan fingerprint density at radius 3 is 2.40 bits per heavy atom. The van der Waals surface area contributed by atoms with E-state index in [-0.39, 0.29) is 10.0 Å². The van der Waals surface area contributed by atoms with E-state index in [2.05, 4.69) is 15.9 Å². The number of aliphatic hydroxyl groups excluding tert-OH is 1. The summed E-state index contributed by atoms with van der Waals surface area (Å²) in [5.41, 5.74) is -1.42. The zero-order chi connectivity index (χ0) is 15.5. The van der Waals surface area contributed by atoms with Crippen molar-refractivity contribution in [1.82, 2.24) is 5.32 Å². The molecule has 9 heteroatoms. The van der Waals surface area contributed by atoms with Crippen LogP contribution in [0.1, 0.15) is 15.9 Å². The maximum absolute atomic E-state index is 12.5. The number of benzene rings is 1. The van der Waals surface area contributed by atoms with Crippen LogP contribution in [-0.4, -0.2) is 34.7 Å². The van der Waals surface area contributed by atoms with Gasteiger partial charge < -0.3 is 15.5 Å². The van der Waals surface area contributed by atoms with Gasteiger partial charge in [0.05, 0.1) is 17.7 Å². The van der Waals surface area contributed by atoms with Gasteiger partial charge in [0.25, 0.3) is 5.91 Å². The van der Waals surface area contributed by atoms with Crippen molar-refractivity contribution < 1.29 is 33.0 Å². The first-order valence-electron chi connectivity index (χ1n) is 5.18. The van der Waals surface area contributed by atoms with Crippen molar-refractivity contribution in [3.63, 3.8) is 0 Å². The molecule has 110 valence electrons. The predicted molar refractivity (Wildman–Crippen MR) is 65.1 cm³/mol. The van der Waals surface area contributed by atoms with Gasteiger partial charge in [0.15, 0.2) is 6.04 Å². The third-order valence-electron chi connectivity index (χ3n) is 2.32. The van der Waals surface area contributed by atoms with Crippen LogP contribution in [0.3, 0.4) is 0 Å². The molecule has 1 aromatic carbocycles. The van der Waals surface area contributed by atoms with Crippen molar-refractivity contribution in [3.8, 4) is 0 Å². The van der Waals surface area contributed by atoms with Gasteiger partial charge in [0.2, 0.25) is 0 Å². The van der Waals surface area contributed by atoms with E-state index in [0.29, 0.717) is 6.07 Å². The Balaban J connectivity index is 3.06. The smallest absolute Gasteiger partial charge is 0.416 e. The van der Waals surface area contributed by atoms with Crippen molar-refractivity contribution in [2.75, 3.05) is 6.61 Å². The van der Waals surface area contributed by atoms with Gasteiger partial charge in [-0.2, -0.15) is 13.2 Å². The zero-order valence-corrected chi connectivity index (χ0v) is 11.3. The lowest BCUT2D eigenvalue weighted by Crippen LogP contribution is -2.43. The maximum atomic E-state index is 12.5. The molecule has 0 aliphatic carbocycles. The van der Waals surface area contributed by atoms with Crippen LogP contribution >= 0.6 is 15.9 Å². The minimum absolute atomic E-state index is 0.0741. The van der Waals surface area contributed by atoms with Crippen LogP contribution in [-0.2, 0) is 11.0 Å². The fraction of sp³-hybridized carbons (Fsp3) is 0.273. The van der Waals surface area contributed by atoms with Crippen molar-refractivity contribution in [3.05, 3.63) is 33.8 Å². The van der Waals surface area contributed by atoms with Gasteiger partial charge in [-0.1, -0.05) is 0 Å². The number of hydrogen-bond donors (Lipinski definition) is 3. The van der Waals surface area contributed by atoms with E-state index in [9.17, 15) is 22.8 Å². The minimum Gasteiger partial charge on any atom is -0.480 e. The molecule has 0 aliphatic rings. The van der Waals surface area contributed by atoms with Crippen molar-refractivity contribution in [2.24, 2.45) is 0 Å². The first kappa shape index (κ1) is 16.4. The van der Waals surface area contributed by atoms with Gasteiger partial charge in [-0.05, 0) is 34.1 Å². The largest absolute Gasteiger partial charge is 0.480 e. The average molecular weight is 356 g/mol. The predicted octanol–water partition coefficient (Wildman–Crippen LogP) is 1.64. The van der Waals surface area contributed by atoms with E-state index >= 15 is 0 Å². The van der Waals surface area contributed by atoms with Gasteiger partial charge in [-0.15, -0.1) is 0 Å². The van der Waals surface area contributed by atoms with E-state index in [1.807, 2.05) is 5.32 Å². The van der Waals surface area contributed by atoms with Crippen molar-refractivity contribution >= 4 is 27.8 Å². The number of carboxylic acids is 1. The number of rotatable bonds is 4. The molecule has 0 aliphatic heterocycles. The quantitative estimate of drug-likeness (QED) is 0.766. The minimum atomic E-state index is -4.63. The van der Waals surface area contributed by atoms with E-state index in [1.54, 1.807) is 0 Å². The normalized spacial score (nSPS) is 12.8. The molecule has 1 aromatic rings. The van der Waals surface area contributed by atoms with Crippen LogP contribution in [0.25, 0.3) is 0 Å². The summed E-state index contributed by atoms with van der Waals surface area (Å²) in [7, 11) is 0. The lowest BCUT2D eigenvalue weighted by atomic mass is 10.1. The maximum Gasteiger partial charge on any atom is 0.416 e. The summed E-state index contributed by atoms with van der Waals surface area (Å²) >= 11 is 2.91. The first-order valence-corrected chi connectivity index (χ1v) is 5.97. The number of nitrogens with one attached hydrogen (secondary N) is 1. The number of carbonyl (C=O) groups excluding carboxylic acids is 1. The van der Waals surface area contributed by atoms with E-state index in [1.165, 1.54) is 0 Å². The average Bonchev–Trinajstić information content (AvgIpc) is 2.34. The number of aliphatic hydroxyl groups is 1. The Labute approximate surface area is 119 Å². The number of alkyl halides is 3. The summed E-state index contributed by atoms with van der Waals surface area (Å²) in [4.78, 5) is 22.4. The monoisotopic (exact) mass is 355 g/mol. The van der Waals surface area contributed by atoms with Crippen LogP contribution in [0.5, 0.6) is 0 Å². The summed E-state index contributed by atoms with van der Waals surface area (Å²) in [6, 6.07) is 0.813. The highest BCUT2D eigenvalue weighted by atomic mass is 79.9. The Bertz CT molecular complexity index is 533. The summed E-state index contributed by atoms with van der Waals surface area (Å²) in [6.07, 6.45) is -4.63. The second-order valence-corrected chi connectivity index (χ2v) is 4.59. The molecule has 0 spiro atoms. The SMILES string of the molecule is O=C(N[C@@H](CO)C(=O)O)c1cc(C(F)(F)F)ccc1Br. The molecule has 0 aromatic heterocycles. The van der Waals surface area contributed by atoms with Gasteiger partial charge >= 0.3 is 12.1 Å². The summed E-state index contributed by atoms with van der Waals surface area (Å²) in [5, 5.41) is 19.3. The van der Waals surface area contributed by atoms with Crippen LogP contribution in [0.2, 0.25) is 0 Å². The number of aliphatic carboxylic acids is 1.